The van der Waals surface area contributed by atoms with Gasteiger partial charge in [-0.05, 0) is 20.8 Å². The number of amides is 1. The van der Waals surface area contributed by atoms with Crippen LogP contribution in [0, 0.1) is 0 Å². The van der Waals surface area contributed by atoms with Gasteiger partial charge in [-0.3, -0.25) is 4.79 Å². The lowest BCUT2D eigenvalue weighted by Crippen LogP contribution is -2.41. The van der Waals surface area contributed by atoms with Gasteiger partial charge in [-0.2, -0.15) is 0 Å². The number of nitrogens with one attached hydrogen (secondary N) is 1. The number of carbonyl (C=O) groups excluding carboxylic acids is 1. The Labute approximate surface area is 67.1 Å². The van der Waals surface area contributed by atoms with Crippen molar-refractivity contribution in [2.45, 2.75) is 26.3 Å². The Morgan fingerprint density at radius 2 is 2.00 bits per heavy atom. The van der Waals surface area contributed by atoms with E-state index in [-0.39, 0.29) is 23.6 Å². The van der Waals surface area contributed by atoms with Crippen LogP contribution in [0.4, 0.5) is 0 Å². The molecule has 0 aliphatic heterocycles. The van der Waals surface area contributed by atoms with Crippen LogP contribution in [0.3, 0.4) is 0 Å². The maximum absolute atomic E-state index is 11.0. The highest BCUT2D eigenvalue weighted by Gasteiger charge is 2.14. The zero-order chi connectivity index (χ0) is 9.07. The molecule has 0 saturated heterocycles. The van der Waals surface area contributed by atoms with E-state index in [0.717, 1.165) is 0 Å². The van der Waals surface area contributed by atoms with Crippen molar-refractivity contribution >= 4 is 5.91 Å². The van der Waals surface area contributed by atoms with Gasteiger partial charge in [-0.15, -0.1) is 0 Å². The maximum Gasteiger partial charge on any atom is 0.249 e. The molecule has 3 heteroatoms. The lowest BCUT2D eigenvalue weighted by atomic mass is 10.1. The molecule has 0 fully saturated rings. The van der Waals surface area contributed by atoms with Crippen molar-refractivity contribution in [3.05, 3.63) is 12.2 Å². The first-order chi connectivity index (χ1) is 4.87. The summed E-state index contributed by atoms with van der Waals surface area (Å²) in [5, 5.41) is 11.2. The molecule has 1 amide bonds. The van der Waals surface area contributed by atoms with E-state index < -0.39 is 0 Å². The second kappa shape index (κ2) is 3.53. The second-order valence-electron chi connectivity index (χ2n) is 3.47. The average molecular weight is 157 g/mol. The van der Waals surface area contributed by atoms with Crippen LogP contribution in [-0.4, -0.2) is 23.2 Å². The topological polar surface area (TPSA) is 49.3 Å². The van der Waals surface area contributed by atoms with Crippen LogP contribution in [0.5, 0.6) is 0 Å². The quantitative estimate of drug-likeness (QED) is 0.572. The van der Waals surface area contributed by atoms with Crippen LogP contribution in [0.2, 0.25) is 0 Å². The molecule has 0 spiro atoms. The molecule has 0 aromatic heterocycles. The first-order valence-electron chi connectivity index (χ1n) is 3.48. The average Bonchev–Trinajstić information content (AvgIpc) is 1.82. The molecule has 0 heterocycles. The van der Waals surface area contributed by atoms with Crippen LogP contribution >= 0.6 is 0 Å². The highest BCUT2D eigenvalue weighted by molar-refractivity contribution is 5.93. The SMILES string of the molecule is C=C(CO)C(=O)NC(C)(C)C. The van der Waals surface area contributed by atoms with E-state index in [1.54, 1.807) is 0 Å². The van der Waals surface area contributed by atoms with Crippen molar-refractivity contribution in [1.29, 1.82) is 0 Å². The molecule has 0 aliphatic rings. The van der Waals surface area contributed by atoms with Crippen molar-refractivity contribution in [2.24, 2.45) is 0 Å². The van der Waals surface area contributed by atoms with Crippen LogP contribution in [-0.2, 0) is 4.79 Å². The molecule has 64 valence electrons. The van der Waals surface area contributed by atoms with Gasteiger partial charge in [-0.25, -0.2) is 0 Å². The first kappa shape index (κ1) is 10.2. The van der Waals surface area contributed by atoms with Gasteiger partial charge < -0.3 is 10.4 Å². The highest BCUT2D eigenvalue weighted by Crippen LogP contribution is 2.00. The fourth-order valence-corrected chi connectivity index (χ4v) is 0.501. The molecule has 0 saturated carbocycles. The number of carbonyl (C=O) groups is 1. The molecule has 0 aromatic carbocycles. The number of rotatable bonds is 2. The molecule has 3 nitrogen and oxygen atoms in total. The summed E-state index contributed by atoms with van der Waals surface area (Å²) in [4.78, 5) is 11.0. The summed E-state index contributed by atoms with van der Waals surface area (Å²) >= 11 is 0. The Kier molecular flexibility index (Phi) is 3.26. The molecule has 0 aliphatic carbocycles. The third kappa shape index (κ3) is 4.56. The van der Waals surface area contributed by atoms with Crippen LogP contribution in [0.15, 0.2) is 12.2 Å². The third-order valence-corrected chi connectivity index (χ3v) is 1.00. The highest BCUT2D eigenvalue weighted by atomic mass is 16.3. The Balaban J connectivity index is 3.99. The summed E-state index contributed by atoms with van der Waals surface area (Å²) < 4.78 is 0. The lowest BCUT2D eigenvalue weighted by Gasteiger charge is -2.20. The Bertz CT molecular complexity index is 167. The number of hydrogen-bond acceptors (Lipinski definition) is 2. The summed E-state index contributed by atoms with van der Waals surface area (Å²) in [6.45, 7) is 8.72. The number of aliphatic hydroxyl groups excluding tert-OH is 1. The van der Waals surface area contributed by atoms with Crippen LogP contribution in [0.25, 0.3) is 0 Å². The smallest absolute Gasteiger partial charge is 0.249 e. The number of aliphatic hydroxyl groups is 1. The standard InChI is InChI=1S/C8H15NO2/c1-6(5-10)7(11)9-8(2,3)4/h10H,1,5H2,2-4H3,(H,9,11). The van der Waals surface area contributed by atoms with E-state index in [4.69, 9.17) is 5.11 Å². The monoisotopic (exact) mass is 157 g/mol. The van der Waals surface area contributed by atoms with Gasteiger partial charge in [-0.1, -0.05) is 6.58 Å². The molecule has 0 rings (SSSR count). The molecule has 11 heavy (non-hydrogen) atoms. The van der Waals surface area contributed by atoms with Gasteiger partial charge in [0.05, 0.1) is 6.61 Å². The fourth-order valence-electron chi connectivity index (χ4n) is 0.501. The summed E-state index contributed by atoms with van der Waals surface area (Å²) in [6, 6.07) is 0. The summed E-state index contributed by atoms with van der Waals surface area (Å²) in [7, 11) is 0. The van der Waals surface area contributed by atoms with Gasteiger partial charge in [0, 0.05) is 11.1 Å². The van der Waals surface area contributed by atoms with Crippen molar-refractivity contribution in [3.63, 3.8) is 0 Å². The van der Waals surface area contributed by atoms with Crippen molar-refractivity contribution in [3.8, 4) is 0 Å². The first-order valence-corrected chi connectivity index (χ1v) is 3.48. The molecular weight excluding hydrogens is 142 g/mol. The van der Waals surface area contributed by atoms with Gasteiger partial charge in [0.2, 0.25) is 5.91 Å². The minimum absolute atomic E-state index is 0.194. The van der Waals surface area contributed by atoms with Gasteiger partial charge >= 0.3 is 0 Å². The zero-order valence-corrected chi connectivity index (χ0v) is 7.27. The molecule has 0 radical (unpaired) electrons. The van der Waals surface area contributed by atoms with E-state index >= 15 is 0 Å². The van der Waals surface area contributed by atoms with Gasteiger partial charge in [0.1, 0.15) is 0 Å². The van der Waals surface area contributed by atoms with Crippen LogP contribution < -0.4 is 5.32 Å². The van der Waals surface area contributed by atoms with Crippen molar-refractivity contribution in [2.75, 3.05) is 6.61 Å². The Hall–Kier alpha value is -0.830. The summed E-state index contributed by atoms with van der Waals surface area (Å²) in [5.41, 5.74) is -0.0743. The third-order valence-electron chi connectivity index (χ3n) is 1.00. The van der Waals surface area contributed by atoms with E-state index in [1.807, 2.05) is 20.8 Å². The van der Waals surface area contributed by atoms with E-state index in [9.17, 15) is 4.79 Å². The minimum Gasteiger partial charge on any atom is -0.391 e. The lowest BCUT2D eigenvalue weighted by molar-refractivity contribution is -0.119. The molecular formula is C8H15NO2. The number of hydrogen-bond donors (Lipinski definition) is 2. The minimum atomic E-state index is -0.292. The zero-order valence-electron chi connectivity index (χ0n) is 7.27. The van der Waals surface area contributed by atoms with Crippen molar-refractivity contribution < 1.29 is 9.90 Å². The second-order valence-corrected chi connectivity index (χ2v) is 3.47. The van der Waals surface area contributed by atoms with Gasteiger partial charge in [0.25, 0.3) is 0 Å². The predicted octanol–water partition coefficient (Wildman–Crippen LogP) is 0.450. The van der Waals surface area contributed by atoms with Gasteiger partial charge in [0.15, 0.2) is 0 Å². The fraction of sp³-hybridized carbons (Fsp3) is 0.625. The molecule has 0 aromatic rings. The summed E-state index contributed by atoms with van der Waals surface area (Å²) in [5.74, 6) is -0.292. The van der Waals surface area contributed by atoms with E-state index in [2.05, 4.69) is 11.9 Å². The van der Waals surface area contributed by atoms with E-state index in [1.165, 1.54) is 0 Å². The normalized spacial score (nSPS) is 10.9. The molecule has 2 N–H and O–H groups in total. The Morgan fingerprint density at radius 3 is 2.27 bits per heavy atom. The maximum atomic E-state index is 11.0. The summed E-state index contributed by atoms with van der Waals surface area (Å²) in [6.07, 6.45) is 0. The van der Waals surface area contributed by atoms with E-state index in [0.29, 0.717) is 0 Å². The molecule has 0 bridgehead atoms. The van der Waals surface area contributed by atoms with Crippen molar-refractivity contribution in [1.82, 2.24) is 5.32 Å². The largest absolute Gasteiger partial charge is 0.391 e. The van der Waals surface area contributed by atoms with Crippen LogP contribution in [0.1, 0.15) is 20.8 Å². The molecule has 0 unspecified atom stereocenters. The predicted molar refractivity (Wildman–Crippen MR) is 44.1 cm³/mol. The Morgan fingerprint density at radius 1 is 1.55 bits per heavy atom. The molecule has 0 atom stereocenters.